The molecule has 3 nitrogen and oxygen atoms in total. The number of fused-ring (bicyclic) bond motifs is 1. The predicted octanol–water partition coefficient (Wildman–Crippen LogP) is 3.14. The molecule has 1 amide bonds. The number of carbonyl (C=O) groups is 1. The summed E-state index contributed by atoms with van der Waals surface area (Å²) in [5.41, 5.74) is 7.51. The lowest BCUT2D eigenvalue weighted by Gasteiger charge is -2.06. The van der Waals surface area contributed by atoms with Crippen molar-refractivity contribution >= 4 is 16.8 Å². The van der Waals surface area contributed by atoms with Crippen LogP contribution >= 0.6 is 0 Å². The first-order valence-corrected chi connectivity index (χ1v) is 6.11. The molecule has 3 aromatic rings. The molecule has 0 unspecified atom stereocenters. The van der Waals surface area contributed by atoms with Crippen LogP contribution in [-0.4, -0.2) is 10.9 Å². The third-order valence-corrected chi connectivity index (χ3v) is 3.11. The summed E-state index contributed by atoms with van der Waals surface area (Å²) in [5, 5.41) is 0.821. The van der Waals surface area contributed by atoms with Crippen LogP contribution in [-0.2, 0) is 0 Å². The quantitative estimate of drug-likeness (QED) is 0.774. The van der Waals surface area contributed by atoms with E-state index in [0.29, 0.717) is 22.3 Å². The Morgan fingerprint density at radius 2 is 1.85 bits per heavy atom. The minimum absolute atomic E-state index is 0.326. The van der Waals surface area contributed by atoms with Gasteiger partial charge in [-0.25, -0.2) is 9.37 Å². The maximum Gasteiger partial charge on any atom is 0.250 e. The average Bonchev–Trinajstić information content (AvgIpc) is 2.46. The predicted molar refractivity (Wildman–Crippen MR) is 75.7 cm³/mol. The number of amides is 1. The van der Waals surface area contributed by atoms with Gasteiger partial charge < -0.3 is 5.73 Å². The Hall–Kier alpha value is -2.75. The van der Waals surface area contributed by atoms with E-state index in [2.05, 4.69) is 4.98 Å². The molecule has 0 saturated heterocycles. The van der Waals surface area contributed by atoms with Gasteiger partial charge in [-0.15, -0.1) is 0 Å². The number of nitrogens with zero attached hydrogens (tertiary/aromatic N) is 1. The number of primary amides is 1. The van der Waals surface area contributed by atoms with Gasteiger partial charge >= 0.3 is 0 Å². The summed E-state index contributed by atoms with van der Waals surface area (Å²) in [4.78, 5) is 15.9. The zero-order valence-electron chi connectivity index (χ0n) is 10.5. The van der Waals surface area contributed by atoms with E-state index in [9.17, 15) is 9.18 Å². The van der Waals surface area contributed by atoms with E-state index in [1.54, 1.807) is 30.3 Å². The number of rotatable bonds is 2. The molecule has 98 valence electrons. The van der Waals surface area contributed by atoms with Gasteiger partial charge in [0.25, 0.3) is 5.91 Å². The van der Waals surface area contributed by atoms with Gasteiger partial charge in [-0.05, 0) is 24.3 Å². The van der Waals surface area contributed by atoms with Crippen LogP contribution in [0, 0.1) is 5.82 Å². The van der Waals surface area contributed by atoms with E-state index in [1.165, 1.54) is 12.1 Å². The van der Waals surface area contributed by atoms with Gasteiger partial charge in [0.05, 0.1) is 16.8 Å². The van der Waals surface area contributed by atoms with E-state index >= 15 is 0 Å². The van der Waals surface area contributed by atoms with Crippen LogP contribution in [0.4, 0.5) is 4.39 Å². The summed E-state index contributed by atoms with van der Waals surface area (Å²) in [6, 6.07) is 15.0. The molecule has 0 atom stereocenters. The molecule has 0 aliphatic carbocycles. The monoisotopic (exact) mass is 266 g/mol. The lowest BCUT2D eigenvalue weighted by molar-refractivity contribution is 0.100. The molecule has 20 heavy (non-hydrogen) atoms. The van der Waals surface area contributed by atoms with Crippen LogP contribution in [0.15, 0.2) is 54.6 Å². The number of para-hydroxylation sites is 1. The Morgan fingerprint density at radius 1 is 1.05 bits per heavy atom. The third-order valence-electron chi connectivity index (χ3n) is 3.11. The molecule has 3 rings (SSSR count). The summed E-state index contributed by atoms with van der Waals surface area (Å²) in [7, 11) is 0. The number of halogens is 1. The molecule has 0 aliphatic rings. The molecule has 0 fully saturated rings. The van der Waals surface area contributed by atoms with Crippen LogP contribution < -0.4 is 5.73 Å². The van der Waals surface area contributed by atoms with Gasteiger partial charge in [0.1, 0.15) is 5.82 Å². The summed E-state index contributed by atoms with van der Waals surface area (Å²) in [6.07, 6.45) is 0. The highest BCUT2D eigenvalue weighted by Gasteiger charge is 2.09. The van der Waals surface area contributed by atoms with E-state index in [1.807, 2.05) is 12.1 Å². The maximum absolute atomic E-state index is 13.3. The van der Waals surface area contributed by atoms with Crippen molar-refractivity contribution in [1.29, 1.82) is 0 Å². The van der Waals surface area contributed by atoms with E-state index < -0.39 is 5.91 Å². The topological polar surface area (TPSA) is 56.0 Å². The Bertz CT molecular complexity index is 814. The van der Waals surface area contributed by atoms with Gasteiger partial charge in [0.15, 0.2) is 0 Å². The summed E-state index contributed by atoms with van der Waals surface area (Å²) in [6.45, 7) is 0. The first-order valence-electron chi connectivity index (χ1n) is 6.11. The first kappa shape index (κ1) is 12.3. The Balaban J connectivity index is 2.24. The molecular weight excluding hydrogens is 255 g/mol. The third kappa shape index (κ3) is 2.12. The number of pyridine rings is 1. The highest BCUT2D eigenvalue weighted by molar-refractivity contribution is 6.05. The van der Waals surface area contributed by atoms with E-state index in [0.717, 1.165) is 5.39 Å². The number of hydrogen-bond acceptors (Lipinski definition) is 2. The first-order chi connectivity index (χ1) is 9.65. The van der Waals surface area contributed by atoms with Crippen molar-refractivity contribution in [3.8, 4) is 11.3 Å². The zero-order chi connectivity index (χ0) is 14.1. The van der Waals surface area contributed by atoms with Crippen molar-refractivity contribution in [3.63, 3.8) is 0 Å². The van der Waals surface area contributed by atoms with Crippen molar-refractivity contribution in [2.75, 3.05) is 0 Å². The molecular formula is C16H11FN2O. The minimum atomic E-state index is -0.528. The summed E-state index contributed by atoms with van der Waals surface area (Å²) in [5.74, 6) is -0.855. The van der Waals surface area contributed by atoms with Crippen LogP contribution in [0.25, 0.3) is 22.2 Å². The lowest BCUT2D eigenvalue weighted by atomic mass is 10.1. The molecule has 0 spiro atoms. The number of carbonyl (C=O) groups excluding carboxylic acids is 1. The average molecular weight is 266 g/mol. The second-order valence-electron chi connectivity index (χ2n) is 4.45. The van der Waals surface area contributed by atoms with Crippen molar-refractivity contribution < 1.29 is 9.18 Å². The van der Waals surface area contributed by atoms with Gasteiger partial charge in [-0.3, -0.25) is 4.79 Å². The number of aromatic nitrogens is 1. The number of benzene rings is 2. The van der Waals surface area contributed by atoms with Crippen molar-refractivity contribution in [2.24, 2.45) is 5.73 Å². The van der Waals surface area contributed by atoms with E-state index in [-0.39, 0.29) is 5.82 Å². The van der Waals surface area contributed by atoms with Crippen LogP contribution in [0.5, 0.6) is 0 Å². The Labute approximate surface area is 114 Å². The molecule has 2 N–H and O–H groups in total. The van der Waals surface area contributed by atoms with Crippen molar-refractivity contribution in [2.45, 2.75) is 0 Å². The van der Waals surface area contributed by atoms with Crippen LogP contribution in [0.1, 0.15) is 10.4 Å². The fourth-order valence-electron chi connectivity index (χ4n) is 2.15. The number of hydrogen-bond donors (Lipinski definition) is 1. The summed E-state index contributed by atoms with van der Waals surface area (Å²) >= 11 is 0. The fraction of sp³-hybridized carbons (Fsp3) is 0. The van der Waals surface area contributed by atoms with Gasteiger partial charge in [0.2, 0.25) is 0 Å². The van der Waals surface area contributed by atoms with Crippen molar-refractivity contribution in [3.05, 3.63) is 66.0 Å². The largest absolute Gasteiger partial charge is 0.366 e. The van der Waals surface area contributed by atoms with Gasteiger partial charge in [0, 0.05) is 10.9 Å². The number of nitrogens with two attached hydrogens (primary N) is 1. The molecule has 0 aliphatic heterocycles. The fourth-order valence-corrected chi connectivity index (χ4v) is 2.15. The Kier molecular flexibility index (Phi) is 2.91. The normalized spacial score (nSPS) is 10.7. The molecule has 4 heteroatoms. The minimum Gasteiger partial charge on any atom is -0.366 e. The second-order valence-corrected chi connectivity index (χ2v) is 4.45. The highest BCUT2D eigenvalue weighted by Crippen LogP contribution is 2.23. The molecule has 1 aromatic heterocycles. The molecule has 0 bridgehead atoms. The Morgan fingerprint density at radius 3 is 2.60 bits per heavy atom. The van der Waals surface area contributed by atoms with Crippen LogP contribution in [0.2, 0.25) is 0 Å². The molecule has 2 aromatic carbocycles. The van der Waals surface area contributed by atoms with Crippen molar-refractivity contribution in [1.82, 2.24) is 4.98 Å². The van der Waals surface area contributed by atoms with Gasteiger partial charge in [-0.1, -0.05) is 30.3 Å². The zero-order valence-corrected chi connectivity index (χ0v) is 10.5. The lowest BCUT2D eigenvalue weighted by Crippen LogP contribution is -2.11. The molecule has 0 radical (unpaired) electrons. The van der Waals surface area contributed by atoms with Gasteiger partial charge in [-0.2, -0.15) is 0 Å². The molecule has 0 saturated carbocycles. The maximum atomic E-state index is 13.3. The smallest absolute Gasteiger partial charge is 0.250 e. The standard InChI is InChI=1S/C16H11FN2O/c17-12-5-1-4-11(9-12)14-8-7-10-3-2-6-13(16(18)20)15(10)19-14/h1-9H,(H2,18,20). The second kappa shape index (κ2) is 4.74. The summed E-state index contributed by atoms with van der Waals surface area (Å²) < 4.78 is 13.3. The molecule has 1 heterocycles. The van der Waals surface area contributed by atoms with Crippen LogP contribution in [0.3, 0.4) is 0 Å². The highest BCUT2D eigenvalue weighted by atomic mass is 19.1. The van der Waals surface area contributed by atoms with E-state index in [4.69, 9.17) is 5.73 Å². The SMILES string of the molecule is NC(=O)c1cccc2ccc(-c3cccc(F)c3)nc12.